The van der Waals surface area contributed by atoms with Crippen LogP contribution in [0.15, 0.2) is 119 Å². The highest BCUT2D eigenvalue weighted by Gasteiger charge is 2.14. The summed E-state index contributed by atoms with van der Waals surface area (Å²) in [5, 5.41) is 22.2. The summed E-state index contributed by atoms with van der Waals surface area (Å²) in [6, 6.07) is 35.6. The minimum atomic E-state index is 0.258. The predicted molar refractivity (Wildman–Crippen MR) is 140 cm³/mol. The van der Waals surface area contributed by atoms with Gasteiger partial charge in [-0.25, -0.2) is 4.98 Å². The number of azo groups is 1. The fourth-order valence-electron chi connectivity index (χ4n) is 4.09. The summed E-state index contributed by atoms with van der Waals surface area (Å²) in [5.74, 6) is 0.258. The molecule has 6 rings (SSSR count). The van der Waals surface area contributed by atoms with Crippen LogP contribution in [0.1, 0.15) is 0 Å². The van der Waals surface area contributed by atoms with E-state index >= 15 is 0 Å². The molecule has 0 aliphatic carbocycles. The van der Waals surface area contributed by atoms with Gasteiger partial charge in [0.05, 0.1) is 21.6 Å². The molecule has 162 valence electrons. The Bertz CT molecular complexity index is 1640. The molecule has 0 unspecified atom stereocenters. The smallest absolute Gasteiger partial charge is 0.124 e. The number of phenolic OH excluding ortho intramolecular Hbond substituents is 1. The van der Waals surface area contributed by atoms with Crippen LogP contribution in [0.5, 0.6) is 5.75 Å². The average molecular weight is 458 g/mol. The Balaban J connectivity index is 1.56. The van der Waals surface area contributed by atoms with Gasteiger partial charge in [-0.2, -0.15) is 5.11 Å². The van der Waals surface area contributed by atoms with Crippen LogP contribution < -0.4 is 0 Å². The number of benzene rings is 5. The molecule has 1 aromatic heterocycles. The summed E-state index contributed by atoms with van der Waals surface area (Å²) in [7, 11) is 0. The molecule has 0 radical (unpaired) electrons. The molecule has 5 aromatic carbocycles. The van der Waals surface area contributed by atoms with Crippen LogP contribution in [-0.4, -0.2) is 10.1 Å². The number of nitrogens with zero attached hydrogens (tertiary/aromatic N) is 3. The van der Waals surface area contributed by atoms with Crippen molar-refractivity contribution in [1.29, 1.82) is 0 Å². The molecule has 5 heteroatoms. The van der Waals surface area contributed by atoms with Crippen LogP contribution >= 0.6 is 11.3 Å². The third-order valence-electron chi connectivity index (χ3n) is 5.76. The molecule has 0 bridgehead atoms. The first kappa shape index (κ1) is 20.3. The van der Waals surface area contributed by atoms with Crippen LogP contribution in [0.4, 0.5) is 11.4 Å². The maximum atomic E-state index is 10.4. The normalized spacial score (nSPS) is 11.5. The van der Waals surface area contributed by atoms with Crippen LogP contribution in [0.2, 0.25) is 0 Å². The Morgan fingerprint density at radius 1 is 0.647 bits per heavy atom. The van der Waals surface area contributed by atoms with Gasteiger partial charge in [0, 0.05) is 16.5 Å². The second-order valence-electron chi connectivity index (χ2n) is 7.93. The van der Waals surface area contributed by atoms with E-state index in [1.54, 1.807) is 17.4 Å². The minimum absolute atomic E-state index is 0.258. The van der Waals surface area contributed by atoms with Gasteiger partial charge in [-0.15, -0.1) is 16.5 Å². The summed E-state index contributed by atoms with van der Waals surface area (Å²) < 4.78 is 1.15. The molecule has 0 amide bonds. The van der Waals surface area contributed by atoms with E-state index < -0.39 is 0 Å². The Morgan fingerprint density at radius 3 is 2.26 bits per heavy atom. The molecular formula is C29H19N3OS. The van der Waals surface area contributed by atoms with Gasteiger partial charge in [0.2, 0.25) is 0 Å². The van der Waals surface area contributed by atoms with E-state index in [1.165, 1.54) is 0 Å². The van der Waals surface area contributed by atoms with Crippen molar-refractivity contribution in [3.05, 3.63) is 109 Å². The number of phenols is 1. The molecule has 0 saturated carbocycles. The molecular weight excluding hydrogens is 438 g/mol. The topological polar surface area (TPSA) is 57.8 Å². The monoisotopic (exact) mass is 457 g/mol. The number of fused-ring (bicyclic) bond motifs is 2. The number of para-hydroxylation sites is 1. The first-order valence-electron chi connectivity index (χ1n) is 10.9. The lowest BCUT2D eigenvalue weighted by Crippen LogP contribution is -1.85. The number of hydrogen-bond donors (Lipinski definition) is 1. The molecule has 0 atom stereocenters. The van der Waals surface area contributed by atoms with Crippen molar-refractivity contribution in [2.75, 3.05) is 0 Å². The second-order valence-corrected chi connectivity index (χ2v) is 8.96. The van der Waals surface area contributed by atoms with Crippen molar-refractivity contribution in [1.82, 2.24) is 4.98 Å². The summed E-state index contributed by atoms with van der Waals surface area (Å²) in [6.07, 6.45) is 0. The van der Waals surface area contributed by atoms with Gasteiger partial charge < -0.3 is 5.11 Å². The van der Waals surface area contributed by atoms with E-state index in [4.69, 9.17) is 4.98 Å². The van der Waals surface area contributed by atoms with E-state index in [9.17, 15) is 5.11 Å². The molecule has 34 heavy (non-hydrogen) atoms. The largest absolute Gasteiger partial charge is 0.507 e. The van der Waals surface area contributed by atoms with Gasteiger partial charge in [0.25, 0.3) is 0 Å². The molecule has 0 spiro atoms. The van der Waals surface area contributed by atoms with Crippen molar-refractivity contribution >= 4 is 43.7 Å². The van der Waals surface area contributed by atoms with Crippen LogP contribution in [0.3, 0.4) is 0 Å². The van der Waals surface area contributed by atoms with Gasteiger partial charge in [-0.3, -0.25) is 0 Å². The minimum Gasteiger partial charge on any atom is -0.507 e. The highest BCUT2D eigenvalue weighted by molar-refractivity contribution is 7.21. The van der Waals surface area contributed by atoms with E-state index in [2.05, 4.69) is 22.4 Å². The Labute approximate surface area is 200 Å². The molecule has 0 aliphatic heterocycles. The van der Waals surface area contributed by atoms with Gasteiger partial charge in [0.15, 0.2) is 0 Å². The molecule has 0 aliphatic rings. The van der Waals surface area contributed by atoms with E-state index in [0.717, 1.165) is 54.1 Å². The highest BCUT2D eigenvalue weighted by atomic mass is 32.1. The zero-order valence-corrected chi connectivity index (χ0v) is 18.9. The van der Waals surface area contributed by atoms with E-state index in [0.29, 0.717) is 0 Å². The zero-order chi connectivity index (χ0) is 22.9. The average Bonchev–Trinajstić information content (AvgIpc) is 3.33. The molecule has 0 fully saturated rings. The Morgan fingerprint density at radius 2 is 1.41 bits per heavy atom. The third-order valence-corrected chi connectivity index (χ3v) is 6.84. The molecule has 6 aromatic rings. The van der Waals surface area contributed by atoms with Crippen LogP contribution in [0, 0.1) is 0 Å². The number of aromatic hydroxyl groups is 1. The van der Waals surface area contributed by atoms with Crippen molar-refractivity contribution in [3.63, 3.8) is 0 Å². The SMILES string of the molecule is Oc1ccc(-c2cc(-c3nc4ccccc4s3)ccc2N=Nc2ccccc2)c2ccccc12. The van der Waals surface area contributed by atoms with Gasteiger partial charge in [0.1, 0.15) is 10.8 Å². The third kappa shape index (κ3) is 3.72. The molecule has 1 N–H and O–H groups in total. The lowest BCUT2D eigenvalue weighted by atomic mass is 9.95. The van der Waals surface area contributed by atoms with Gasteiger partial charge >= 0.3 is 0 Å². The lowest BCUT2D eigenvalue weighted by molar-refractivity contribution is 0.481. The van der Waals surface area contributed by atoms with E-state index in [1.807, 2.05) is 91.0 Å². The quantitative estimate of drug-likeness (QED) is 0.269. The highest BCUT2D eigenvalue weighted by Crippen LogP contribution is 2.41. The van der Waals surface area contributed by atoms with Crippen molar-refractivity contribution in [2.24, 2.45) is 10.2 Å². The lowest BCUT2D eigenvalue weighted by Gasteiger charge is -2.12. The second kappa shape index (κ2) is 8.54. The fraction of sp³-hybridized carbons (Fsp3) is 0. The summed E-state index contributed by atoms with van der Waals surface area (Å²) in [4.78, 5) is 4.84. The number of aromatic nitrogens is 1. The van der Waals surface area contributed by atoms with E-state index in [-0.39, 0.29) is 5.75 Å². The Kier molecular flexibility index (Phi) is 5.09. The van der Waals surface area contributed by atoms with Crippen LogP contribution in [0.25, 0.3) is 42.7 Å². The summed E-state index contributed by atoms with van der Waals surface area (Å²) in [5.41, 5.74) is 5.48. The maximum absolute atomic E-state index is 10.4. The van der Waals surface area contributed by atoms with Crippen molar-refractivity contribution in [3.8, 4) is 27.4 Å². The molecule has 0 saturated heterocycles. The Hall–Kier alpha value is -4.35. The van der Waals surface area contributed by atoms with Crippen molar-refractivity contribution in [2.45, 2.75) is 0 Å². The van der Waals surface area contributed by atoms with Gasteiger partial charge in [-0.05, 0) is 65.5 Å². The standard InChI is InChI=1S/C29H19N3OS/c33-27-17-15-22(21-10-4-5-11-23(21)27)24-18-19(29-30-26-12-6-7-13-28(26)34-29)14-16-25(24)32-31-20-8-2-1-3-9-20/h1-18,33H. The number of hydrogen-bond acceptors (Lipinski definition) is 5. The first-order valence-corrected chi connectivity index (χ1v) is 11.8. The maximum Gasteiger partial charge on any atom is 0.124 e. The zero-order valence-electron chi connectivity index (χ0n) is 18.1. The van der Waals surface area contributed by atoms with Crippen LogP contribution in [-0.2, 0) is 0 Å². The van der Waals surface area contributed by atoms with Gasteiger partial charge in [-0.1, -0.05) is 54.6 Å². The number of rotatable bonds is 4. The fourth-order valence-corrected chi connectivity index (χ4v) is 5.05. The number of thiazole rings is 1. The predicted octanol–water partition coefficient (Wildman–Crippen LogP) is 8.90. The van der Waals surface area contributed by atoms with Crippen molar-refractivity contribution < 1.29 is 5.11 Å². The molecule has 1 heterocycles. The summed E-state index contributed by atoms with van der Waals surface area (Å²) in [6.45, 7) is 0. The first-order chi connectivity index (χ1) is 16.8. The summed E-state index contributed by atoms with van der Waals surface area (Å²) >= 11 is 1.67. The molecule has 4 nitrogen and oxygen atoms in total.